The standard InChI is InChI=1S/C16H26N2O2/c1-4-15(12-14-8-6-5-7-9-14)18(13-16(19)20)11-10-17(2)3/h5-9,15H,4,10-13H2,1-3H3,(H,19,20). The molecule has 0 aromatic heterocycles. The number of carbonyl (C=O) groups is 1. The van der Waals surface area contributed by atoms with E-state index in [1.165, 1.54) is 5.56 Å². The normalized spacial score (nSPS) is 12.8. The van der Waals surface area contributed by atoms with Gasteiger partial charge in [0.05, 0.1) is 6.54 Å². The SMILES string of the molecule is CCC(Cc1ccccc1)N(CCN(C)C)CC(=O)O. The fourth-order valence-electron chi connectivity index (χ4n) is 2.31. The van der Waals surface area contributed by atoms with Gasteiger partial charge in [0.15, 0.2) is 0 Å². The molecule has 20 heavy (non-hydrogen) atoms. The van der Waals surface area contributed by atoms with E-state index in [0.29, 0.717) is 0 Å². The summed E-state index contributed by atoms with van der Waals surface area (Å²) in [5, 5.41) is 9.10. The predicted octanol–water partition coefficient (Wildman–Crippen LogP) is 1.96. The molecular formula is C16H26N2O2. The lowest BCUT2D eigenvalue weighted by atomic mass is 10.0. The lowest BCUT2D eigenvalue weighted by Gasteiger charge is -2.30. The lowest BCUT2D eigenvalue weighted by Crippen LogP contribution is -2.43. The van der Waals surface area contributed by atoms with E-state index in [1.807, 2.05) is 32.3 Å². The second kappa shape index (κ2) is 8.72. The molecule has 1 aromatic carbocycles. The molecule has 0 heterocycles. The summed E-state index contributed by atoms with van der Waals surface area (Å²) in [5.41, 5.74) is 1.26. The molecule has 1 N–H and O–H groups in total. The van der Waals surface area contributed by atoms with Crippen LogP contribution in [0.2, 0.25) is 0 Å². The monoisotopic (exact) mass is 278 g/mol. The van der Waals surface area contributed by atoms with Gasteiger partial charge in [0.1, 0.15) is 0 Å². The van der Waals surface area contributed by atoms with Crippen LogP contribution in [0.4, 0.5) is 0 Å². The molecule has 112 valence electrons. The molecule has 1 unspecified atom stereocenters. The molecule has 1 atom stereocenters. The summed E-state index contributed by atoms with van der Waals surface area (Å²) < 4.78 is 0. The molecule has 0 saturated heterocycles. The fourth-order valence-corrected chi connectivity index (χ4v) is 2.31. The maximum Gasteiger partial charge on any atom is 0.317 e. The number of carboxylic acid groups (broad SMARTS) is 1. The quantitative estimate of drug-likeness (QED) is 0.750. The highest BCUT2D eigenvalue weighted by molar-refractivity contribution is 5.69. The highest BCUT2D eigenvalue weighted by Crippen LogP contribution is 2.12. The first kappa shape index (κ1) is 16.7. The van der Waals surface area contributed by atoms with E-state index >= 15 is 0 Å². The number of nitrogens with zero attached hydrogens (tertiary/aromatic N) is 2. The molecule has 0 aliphatic carbocycles. The summed E-state index contributed by atoms with van der Waals surface area (Å²) in [4.78, 5) is 15.2. The average Bonchev–Trinajstić information content (AvgIpc) is 2.41. The Morgan fingerprint density at radius 3 is 2.35 bits per heavy atom. The Bertz CT molecular complexity index is 393. The van der Waals surface area contributed by atoms with Gasteiger partial charge in [-0.15, -0.1) is 0 Å². The van der Waals surface area contributed by atoms with Gasteiger partial charge >= 0.3 is 5.97 Å². The van der Waals surface area contributed by atoms with Gasteiger partial charge < -0.3 is 10.0 Å². The van der Waals surface area contributed by atoms with Crippen LogP contribution in [0.3, 0.4) is 0 Å². The summed E-state index contributed by atoms with van der Waals surface area (Å²) in [7, 11) is 4.02. The fraction of sp³-hybridized carbons (Fsp3) is 0.562. The Morgan fingerprint density at radius 1 is 1.20 bits per heavy atom. The van der Waals surface area contributed by atoms with Crippen molar-refractivity contribution in [3.8, 4) is 0 Å². The highest BCUT2D eigenvalue weighted by Gasteiger charge is 2.19. The molecule has 0 fully saturated rings. The molecule has 0 radical (unpaired) electrons. The highest BCUT2D eigenvalue weighted by atomic mass is 16.4. The largest absolute Gasteiger partial charge is 0.480 e. The first-order valence-corrected chi connectivity index (χ1v) is 7.17. The van der Waals surface area contributed by atoms with Crippen molar-refractivity contribution in [3.63, 3.8) is 0 Å². The van der Waals surface area contributed by atoms with Crippen molar-refractivity contribution >= 4 is 5.97 Å². The summed E-state index contributed by atoms with van der Waals surface area (Å²) in [6, 6.07) is 10.5. The van der Waals surface area contributed by atoms with Crippen LogP contribution in [0.25, 0.3) is 0 Å². The number of aliphatic carboxylic acids is 1. The third kappa shape index (κ3) is 6.17. The number of hydrogen-bond acceptors (Lipinski definition) is 3. The van der Waals surface area contributed by atoms with Gasteiger partial charge in [0, 0.05) is 19.1 Å². The third-order valence-electron chi connectivity index (χ3n) is 3.47. The number of carboxylic acids is 1. The van der Waals surface area contributed by atoms with Crippen molar-refractivity contribution in [1.29, 1.82) is 0 Å². The van der Waals surface area contributed by atoms with Crippen molar-refractivity contribution in [3.05, 3.63) is 35.9 Å². The summed E-state index contributed by atoms with van der Waals surface area (Å²) in [6.45, 7) is 3.89. The maximum atomic E-state index is 11.1. The maximum absolute atomic E-state index is 11.1. The number of benzene rings is 1. The molecular weight excluding hydrogens is 252 g/mol. The Kier molecular flexibility index (Phi) is 7.26. The van der Waals surface area contributed by atoms with Gasteiger partial charge in [-0.05, 0) is 32.5 Å². The Labute approximate surface area is 122 Å². The molecule has 0 spiro atoms. The Balaban J connectivity index is 2.70. The van der Waals surface area contributed by atoms with Crippen molar-refractivity contribution in [2.75, 3.05) is 33.7 Å². The van der Waals surface area contributed by atoms with E-state index < -0.39 is 5.97 Å². The summed E-state index contributed by atoms with van der Waals surface area (Å²) >= 11 is 0. The zero-order valence-electron chi connectivity index (χ0n) is 12.7. The minimum absolute atomic E-state index is 0.110. The summed E-state index contributed by atoms with van der Waals surface area (Å²) in [6.07, 6.45) is 1.85. The topological polar surface area (TPSA) is 43.8 Å². The smallest absolute Gasteiger partial charge is 0.317 e. The van der Waals surface area contributed by atoms with Crippen LogP contribution in [-0.2, 0) is 11.2 Å². The van der Waals surface area contributed by atoms with Crippen LogP contribution in [-0.4, -0.2) is 60.6 Å². The molecule has 4 heteroatoms. The zero-order valence-corrected chi connectivity index (χ0v) is 12.7. The van der Waals surface area contributed by atoms with Gasteiger partial charge in [-0.25, -0.2) is 0 Å². The van der Waals surface area contributed by atoms with E-state index in [2.05, 4.69) is 28.9 Å². The van der Waals surface area contributed by atoms with E-state index in [-0.39, 0.29) is 12.6 Å². The van der Waals surface area contributed by atoms with Crippen molar-refractivity contribution in [2.45, 2.75) is 25.8 Å². The molecule has 0 bridgehead atoms. The van der Waals surface area contributed by atoms with Gasteiger partial charge in [0.25, 0.3) is 0 Å². The van der Waals surface area contributed by atoms with Gasteiger partial charge in [-0.1, -0.05) is 37.3 Å². The Hall–Kier alpha value is -1.39. The molecule has 4 nitrogen and oxygen atoms in total. The number of likely N-dealkylation sites (N-methyl/N-ethyl adjacent to an activating group) is 1. The van der Waals surface area contributed by atoms with Crippen molar-refractivity contribution in [1.82, 2.24) is 9.80 Å². The molecule has 0 aliphatic heterocycles. The minimum Gasteiger partial charge on any atom is -0.480 e. The molecule has 1 rings (SSSR count). The second-order valence-electron chi connectivity index (χ2n) is 5.42. The van der Waals surface area contributed by atoms with Crippen LogP contribution in [0.1, 0.15) is 18.9 Å². The van der Waals surface area contributed by atoms with E-state index in [9.17, 15) is 4.79 Å². The predicted molar refractivity (Wildman–Crippen MR) is 82.0 cm³/mol. The van der Waals surface area contributed by atoms with Crippen LogP contribution >= 0.6 is 0 Å². The van der Waals surface area contributed by atoms with Crippen molar-refractivity contribution in [2.24, 2.45) is 0 Å². The van der Waals surface area contributed by atoms with Crippen LogP contribution in [0, 0.1) is 0 Å². The van der Waals surface area contributed by atoms with E-state index in [0.717, 1.165) is 25.9 Å². The second-order valence-corrected chi connectivity index (χ2v) is 5.42. The van der Waals surface area contributed by atoms with Crippen LogP contribution < -0.4 is 0 Å². The third-order valence-corrected chi connectivity index (χ3v) is 3.47. The lowest BCUT2D eigenvalue weighted by molar-refractivity contribution is -0.139. The minimum atomic E-state index is -0.754. The summed E-state index contributed by atoms with van der Waals surface area (Å²) in [5.74, 6) is -0.754. The van der Waals surface area contributed by atoms with E-state index in [1.54, 1.807) is 0 Å². The van der Waals surface area contributed by atoms with Gasteiger partial charge in [-0.2, -0.15) is 0 Å². The number of hydrogen-bond donors (Lipinski definition) is 1. The zero-order chi connectivity index (χ0) is 15.0. The van der Waals surface area contributed by atoms with E-state index in [4.69, 9.17) is 5.11 Å². The first-order chi connectivity index (χ1) is 9.52. The van der Waals surface area contributed by atoms with Crippen molar-refractivity contribution < 1.29 is 9.90 Å². The molecule has 0 amide bonds. The Morgan fingerprint density at radius 2 is 1.85 bits per heavy atom. The van der Waals surface area contributed by atoms with Crippen LogP contribution in [0.5, 0.6) is 0 Å². The molecule has 0 aliphatic rings. The van der Waals surface area contributed by atoms with Gasteiger partial charge in [0.2, 0.25) is 0 Å². The molecule has 1 aromatic rings. The average molecular weight is 278 g/mol. The van der Waals surface area contributed by atoms with Crippen LogP contribution in [0.15, 0.2) is 30.3 Å². The first-order valence-electron chi connectivity index (χ1n) is 7.17. The number of rotatable bonds is 9. The molecule has 0 saturated carbocycles. The van der Waals surface area contributed by atoms with Gasteiger partial charge in [-0.3, -0.25) is 9.69 Å².